The average molecular weight is 452 g/mol. The van der Waals surface area contributed by atoms with E-state index in [9.17, 15) is 0 Å². The van der Waals surface area contributed by atoms with E-state index in [0.717, 1.165) is 16.7 Å². The van der Waals surface area contributed by atoms with Crippen LogP contribution in [0, 0.1) is 0 Å². The van der Waals surface area contributed by atoms with Crippen LogP contribution >= 0.6 is 8.58 Å². The lowest BCUT2D eigenvalue weighted by molar-refractivity contribution is 1.31. The van der Waals surface area contributed by atoms with Gasteiger partial charge < -0.3 is 0 Å². The van der Waals surface area contributed by atoms with Crippen molar-refractivity contribution in [1.29, 1.82) is 0 Å². The highest BCUT2D eigenvalue weighted by atomic mass is 31.1. The molecule has 3 heteroatoms. The lowest BCUT2D eigenvalue weighted by atomic mass is 9.99. The molecule has 0 saturated heterocycles. The second-order valence-electron chi connectivity index (χ2n) is 8.61. The molecule has 7 aromatic rings. The molecular weight excluding hydrogens is 431 g/mol. The molecule has 2 aromatic heterocycles. The van der Waals surface area contributed by atoms with Crippen LogP contribution in [0.5, 0.6) is 0 Å². The lowest BCUT2D eigenvalue weighted by Crippen LogP contribution is -2.02. The van der Waals surface area contributed by atoms with Gasteiger partial charge in [-0.25, -0.2) is 4.98 Å². The van der Waals surface area contributed by atoms with Crippen LogP contribution in [-0.4, -0.2) is 9.38 Å². The molecule has 0 fully saturated rings. The normalized spacial score (nSPS) is 12.0. The van der Waals surface area contributed by atoms with Gasteiger partial charge in [-0.3, -0.25) is 4.40 Å². The standard InChI is InChI=1S/C31H21N2P/c1-2-8-23(9-3-1)34-24-17-14-21(15-18-24)22-16-19-25-26-10-4-6-12-29(26)33-30-13-7-5-11-28(30)32-31(33)27(25)20-22/h1-20,34H. The van der Waals surface area contributed by atoms with Gasteiger partial charge in [-0.2, -0.15) is 0 Å². The van der Waals surface area contributed by atoms with Gasteiger partial charge in [-0.1, -0.05) is 106 Å². The van der Waals surface area contributed by atoms with Gasteiger partial charge in [0, 0.05) is 10.8 Å². The van der Waals surface area contributed by atoms with Gasteiger partial charge in [0.15, 0.2) is 0 Å². The third-order valence-corrected chi connectivity index (χ3v) is 7.78. The number of imidazole rings is 1. The summed E-state index contributed by atoms with van der Waals surface area (Å²) in [5.41, 5.74) is 6.82. The molecule has 0 saturated carbocycles. The molecule has 2 heterocycles. The lowest BCUT2D eigenvalue weighted by Gasteiger charge is -2.11. The summed E-state index contributed by atoms with van der Waals surface area (Å²) in [6, 6.07) is 43.5. The van der Waals surface area contributed by atoms with Crippen LogP contribution in [0.25, 0.3) is 49.5 Å². The van der Waals surface area contributed by atoms with E-state index in [1.807, 2.05) is 0 Å². The van der Waals surface area contributed by atoms with E-state index in [-0.39, 0.29) is 0 Å². The van der Waals surface area contributed by atoms with Gasteiger partial charge in [0.05, 0.1) is 16.6 Å². The Bertz CT molecular complexity index is 1820. The molecule has 7 rings (SSSR count). The average Bonchev–Trinajstić information content (AvgIpc) is 3.30. The first-order chi connectivity index (χ1) is 16.8. The Morgan fingerprint density at radius 2 is 1.18 bits per heavy atom. The van der Waals surface area contributed by atoms with E-state index in [0.29, 0.717) is 8.58 Å². The summed E-state index contributed by atoms with van der Waals surface area (Å²) in [6.45, 7) is 0. The van der Waals surface area contributed by atoms with Crippen LogP contribution < -0.4 is 10.6 Å². The van der Waals surface area contributed by atoms with Crippen LogP contribution in [0.15, 0.2) is 121 Å². The fraction of sp³-hybridized carbons (Fsp3) is 0. The van der Waals surface area contributed by atoms with E-state index in [4.69, 9.17) is 4.98 Å². The Balaban J connectivity index is 1.41. The quantitative estimate of drug-likeness (QED) is 0.207. The Morgan fingerprint density at radius 3 is 2.03 bits per heavy atom. The second kappa shape index (κ2) is 7.80. The number of aromatic nitrogens is 2. The minimum atomic E-state index is 0.672. The molecule has 0 bridgehead atoms. The molecule has 0 radical (unpaired) electrons. The highest BCUT2D eigenvalue weighted by Crippen LogP contribution is 2.34. The molecule has 34 heavy (non-hydrogen) atoms. The first-order valence-electron chi connectivity index (χ1n) is 11.5. The summed E-state index contributed by atoms with van der Waals surface area (Å²) < 4.78 is 2.31. The minimum absolute atomic E-state index is 0.672. The molecule has 0 N–H and O–H groups in total. The molecule has 160 valence electrons. The molecule has 1 atom stereocenters. The molecule has 0 aliphatic carbocycles. The van der Waals surface area contributed by atoms with Crippen molar-refractivity contribution in [3.8, 4) is 11.1 Å². The molecular formula is C31H21N2P. The zero-order chi connectivity index (χ0) is 22.5. The van der Waals surface area contributed by atoms with E-state index in [2.05, 4.69) is 126 Å². The first-order valence-corrected chi connectivity index (χ1v) is 12.5. The van der Waals surface area contributed by atoms with Crippen molar-refractivity contribution in [1.82, 2.24) is 9.38 Å². The van der Waals surface area contributed by atoms with Crippen LogP contribution in [0.2, 0.25) is 0 Å². The van der Waals surface area contributed by atoms with Gasteiger partial charge in [0.25, 0.3) is 0 Å². The summed E-state index contributed by atoms with van der Waals surface area (Å²) in [4.78, 5) is 5.05. The number of fused-ring (bicyclic) bond motifs is 8. The van der Waals surface area contributed by atoms with Gasteiger partial charge in [-0.05, 0) is 51.4 Å². The Kier molecular flexibility index (Phi) is 4.46. The molecule has 2 nitrogen and oxygen atoms in total. The SMILES string of the molecule is c1ccc(Pc2ccc(-c3ccc4c5ccccc5n5c6ccccc6nc5c4c3)cc2)cc1. The number of nitrogens with zero attached hydrogens (tertiary/aromatic N) is 2. The van der Waals surface area contributed by atoms with E-state index >= 15 is 0 Å². The van der Waals surface area contributed by atoms with Crippen molar-refractivity contribution in [2.75, 3.05) is 0 Å². The van der Waals surface area contributed by atoms with Gasteiger partial charge in [0.1, 0.15) is 5.65 Å². The Morgan fingerprint density at radius 1 is 0.500 bits per heavy atom. The molecule has 1 unspecified atom stereocenters. The van der Waals surface area contributed by atoms with Crippen molar-refractivity contribution >= 4 is 57.5 Å². The van der Waals surface area contributed by atoms with E-state index in [1.54, 1.807) is 0 Å². The second-order valence-corrected chi connectivity index (χ2v) is 10.0. The Hall–Kier alpha value is -4.00. The van der Waals surface area contributed by atoms with Gasteiger partial charge >= 0.3 is 0 Å². The maximum atomic E-state index is 5.05. The van der Waals surface area contributed by atoms with Gasteiger partial charge in [-0.15, -0.1) is 0 Å². The molecule has 0 aliphatic heterocycles. The third-order valence-electron chi connectivity index (χ3n) is 6.54. The predicted octanol–water partition coefficient (Wildman–Crippen LogP) is 7.09. The van der Waals surface area contributed by atoms with Crippen LogP contribution in [0.1, 0.15) is 0 Å². The summed E-state index contributed by atoms with van der Waals surface area (Å²) in [5.74, 6) is 0. The number of benzene rings is 5. The molecule has 5 aromatic carbocycles. The van der Waals surface area contributed by atoms with Crippen molar-refractivity contribution in [3.05, 3.63) is 121 Å². The van der Waals surface area contributed by atoms with Crippen LogP contribution in [-0.2, 0) is 0 Å². The van der Waals surface area contributed by atoms with E-state index < -0.39 is 0 Å². The summed E-state index contributed by atoms with van der Waals surface area (Å²) >= 11 is 0. The summed E-state index contributed by atoms with van der Waals surface area (Å²) in [6.07, 6.45) is 0. The van der Waals surface area contributed by atoms with Crippen molar-refractivity contribution in [3.63, 3.8) is 0 Å². The maximum Gasteiger partial charge on any atom is 0.146 e. The fourth-order valence-corrected chi connectivity index (χ4v) is 5.95. The molecule has 0 aliphatic rings. The topological polar surface area (TPSA) is 17.3 Å². The monoisotopic (exact) mass is 452 g/mol. The number of hydrogen-bond donors (Lipinski definition) is 0. The van der Waals surface area contributed by atoms with Crippen molar-refractivity contribution in [2.24, 2.45) is 0 Å². The number of rotatable bonds is 3. The van der Waals surface area contributed by atoms with Crippen molar-refractivity contribution < 1.29 is 0 Å². The zero-order valence-electron chi connectivity index (χ0n) is 18.4. The van der Waals surface area contributed by atoms with Crippen molar-refractivity contribution in [2.45, 2.75) is 0 Å². The predicted molar refractivity (Wildman–Crippen MR) is 147 cm³/mol. The zero-order valence-corrected chi connectivity index (χ0v) is 19.4. The molecule has 0 amide bonds. The van der Waals surface area contributed by atoms with E-state index in [1.165, 1.54) is 43.4 Å². The smallest absolute Gasteiger partial charge is 0.146 e. The largest absolute Gasteiger partial charge is 0.292 e. The first kappa shape index (κ1) is 19.5. The number of hydrogen-bond acceptors (Lipinski definition) is 1. The summed E-state index contributed by atoms with van der Waals surface area (Å²) in [5, 5.41) is 6.39. The van der Waals surface area contributed by atoms with Gasteiger partial charge in [0.2, 0.25) is 0 Å². The number of para-hydroxylation sites is 3. The summed E-state index contributed by atoms with van der Waals surface area (Å²) in [7, 11) is 0.672. The van der Waals surface area contributed by atoms with Crippen LogP contribution in [0.4, 0.5) is 0 Å². The highest BCUT2D eigenvalue weighted by molar-refractivity contribution is 7.55. The maximum absolute atomic E-state index is 5.05. The number of pyridine rings is 1. The highest BCUT2D eigenvalue weighted by Gasteiger charge is 2.14. The Labute approximate surface area is 199 Å². The fourth-order valence-electron chi connectivity index (χ4n) is 4.92. The molecule has 0 spiro atoms. The van der Waals surface area contributed by atoms with Crippen LogP contribution in [0.3, 0.4) is 0 Å². The third kappa shape index (κ3) is 3.11. The minimum Gasteiger partial charge on any atom is -0.292 e.